The molecule has 6 heteroatoms. The lowest BCUT2D eigenvalue weighted by Gasteiger charge is -2.08. The number of ether oxygens (including phenoxy) is 1. The lowest BCUT2D eigenvalue weighted by molar-refractivity contribution is 0.0600. The first kappa shape index (κ1) is 18.1. The minimum Gasteiger partial charge on any atom is -0.465 e. The number of benzene rings is 2. The first-order chi connectivity index (χ1) is 13.0. The summed E-state index contributed by atoms with van der Waals surface area (Å²) in [4.78, 5) is 27.9. The Hall–Kier alpha value is -3.67. The van der Waals surface area contributed by atoms with E-state index in [4.69, 9.17) is 0 Å². The SMILES string of the molecule is COC(=O)c1ccc(Nc2ccc(C(=O)Nc3cccc(C)c3)nc2)cc1. The molecule has 1 aromatic heterocycles. The maximum atomic E-state index is 12.3. The Morgan fingerprint density at radius 3 is 2.30 bits per heavy atom. The summed E-state index contributed by atoms with van der Waals surface area (Å²) in [6.07, 6.45) is 1.58. The summed E-state index contributed by atoms with van der Waals surface area (Å²) < 4.78 is 4.67. The van der Waals surface area contributed by atoms with Crippen LogP contribution >= 0.6 is 0 Å². The van der Waals surface area contributed by atoms with E-state index in [0.717, 1.165) is 22.6 Å². The Labute approximate surface area is 157 Å². The molecular formula is C21H19N3O3. The molecule has 27 heavy (non-hydrogen) atoms. The second kappa shape index (κ2) is 8.14. The van der Waals surface area contributed by atoms with Crippen LogP contribution in [-0.4, -0.2) is 24.0 Å². The van der Waals surface area contributed by atoms with E-state index in [9.17, 15) is 9.59 Å². The average molecular weight is 361 g/mol. The van der Waals surface area contributed by atoms with Crippen LogP contribution in [0.2, 0.25) is 0 Å². The second-order valence-electron chi connectivity index (χ2n) is 5.95. The van der Waals surface area contributed by atoms with Crippen LogP contribution in [0.1, 0.15) is 26.4 Å². The van der Waals surface area contributed by atoms with E-state index in [1.54, 1.807) is 42.6 Å². The molecule has 3 aromatic rings. The molecule has 2 aromatic carbocycles. The number of carbonyl (C=O) groups is 2. The van der Waals surface area contributed by atoms with Gasteiger partial charge in [0, 0.05) is 11.4 Å². The third-order valence-corrected chi connectivity index (χ3v) is 3.87. The highest BCUT2D eigenvalue weighted by Gasteiger charge is 2.08. The van der Waals surface area contributed by atoms with Crippen molar-refractivity contribution in [3.05, 3.63) is 83.7 Å². The number of anilines is 3. The fraction of sp³-hybridized carbons (Fsp3) is 0.0952. The average Bonchev–Trinajstić information content (AvgIpc) is 2.68. The van der Waals surface area contributed by atoms with Crippen LogP contribution in [0.5, 0.6) is 0 Å². The van der Waals surface area contributed by atoms with Gasteiger partial charge in [0.25, 0.3) is 5.91 Å². The monoisotopic (exact) mass is 361 g/mol. The molecule has 0 unspecified atom stereocenters. The summed E-state index contributed by atoms with van der Waals surface area (Å²) in [6.45, 7) is 1.96. The highest BCUT2D eigenvalue weighted by Crippen LogP contribution is 2.17. The molecule has 0 saturated heterocycles. The maximum Gasteiger partial charge on any atom is 0.337 e. The van der Waals surface area contributed by atoms with Crippen molar-refractivity contribution in [1.29, 1.82) is 0 Å². The van der Waals surface area contributed by atoms with E-state index in [1.165, 1.54) is 7.11 Å². The van der Waals surface area contributed by atoms with Gasteiger partial charge in [0.1, 0.15) is 5.69 Å². The molecule has 2 N–H and O–H groups in total. The van der Waals surface area contributed by atoms with Gasteiger partial charge in [0.05, 0.1) is 24.6 Å². The number of nitrogens with zero attached hydrogens (tertiary/aromatic N) is 1. The quantitative estimate of drug-likeness (QED) is 0.667. The zero-order valence-corrected chi connectivity index (χ0v) is 15.0. The number of hydrogen-bond donors (Lipinski definition) is 2. The highest BCUT2D eigenvalue weighted by atomic mass is 16.5. The van der Waals surface area contributed by atoms with Crippen LogP contribution in [0.25, 0.3) is 0 Å². The van der Waals surface area contributed by atoms with Gasteiger partial charge in [0.2, 0.25) is 0 Å². The summed E-state index contributed by atoms with van der Waals surface area (Å²) >= 11 is 0. The van der Waals surface area contributed by atoms with Gasteiger partial charge in [-0.3, -0.25) is 4.79 Å². The van der Waals surface area contributed by atoms with Crippen LogP contribution in [-0.2, 0) is 4.74 Å². The van der Waals surface area contributed by atoms with Crippen molar-refractivity contribution < 1.29 is 14.3 Å². The van der Waals surface area contributed by atoms with Crippen molar-refractivity contribution in [3.63, 3.8) is 0 Å². The molecule has 3 rings (SSSR count). The van der Waals surface area contributed by atoms with Gasteiger partial charge in [0.15, 0.2) is 0 Å². The summed E-state index contributed by atoms with van der Waals surface area (Å²) in [5.74, 6) is -0.651. The van der Waals surface area contributed by atoms with Gasteiger partial charge in [-0.05, 0) is 61.0 Å². The largest absolute Gasteiger partial charge is 0.465 e. The minimum atomic E-state index is -0.382. The summed E-state index contributed by atoms with van der Waals surface area (Å²) in [5, 5.41) is 5.99. The molecule has 0 aliphatic heterocycles. The predicted molar refractivity (Wildman–Crippen MR) is 104 cm³/mol. The van der Waals surface area contributed by atoms with Crippen molar-refractivity contribution in [1.82, 2.24) is 4.98 Å². The molecule has 0 aliphatic rings. The predicted octanol–water partition coefficient (Wildman–Crippen LogP) is 4.17. The number of amides is 1. The van der Waals surface area contributed by atoms with Crippen molar-refractivity contribution in [2.75, 3.05) is 17.7 Å². The first-order valence-electron chi connectivity index (χ1n) is 8.34. The topological polar surface area (TPSA) is 80.3 Å². The molecule has 6 nitrogen and oxygen atoms in total. The van der Waals surface area contributed by atoms with Crippen LogP contribution in [0.4, 0.5) is 17.1 Å². The van der Waals surface area contributed by atoms with E-state index in [2.05, 4.69) is 20.4 Å². The third-order valence-electron chi connectivity index (χ3n) is 3.87. The van der Waals surface area contributed by atoms with Crippen LogP contribution in [0.3, 0.4) is 0 Å². The fourth-order valence-electron chi connectivity index (χ4n) is 2.49. The molecule has 136 valence electrons. The minimum absolute atomic E-state index is 0.269. The number of rotatable bonds is 5. The van der Waals surface area contributed by atoms with Crippen molar-refractivity contribution in [2.45, 2.75) is 6.92 Å². The lowest BCUT2D eigenvalue weighted by Crippen LogP contribution is -2.13. The second-order valence-corrected chi connectivity index (χ2v) is 5.95. The number of aryl methyl sites for hydroxylation is 1. The molecule has 1 amide bonds. The Bertz CT molecular complexity index is 951. The summed E-state index contributed by atoms with van der Waals surface area (Å²) in [5.41, 5.74) is 4.12. The fourth-order valence-corrected chi connectivity index (χ4v) is 2.49. The van der Waals surface area contributed by atoms with E-state index < -0.39 is 0 Å². The smallest absolute Gasteiger partial charge is 0.337 e. The molecule has 1 heterocycles. The highest BCUT2D eigenvalue weighted by molar-refractivity contribution is 6.03. The Morgan fingerprint density at radius 2 is 1.67 bits per heavy atom. The van der Waals surface area contributed by atoms with Gasteiger partial charge >= 0.3 is 5.97 Å². The molecule has 0 atom stereocenters. The van der Waals surface area contributed by atoms with Gasteiger partial charge in [-0.25, -0.2) is 9.78 Å². The lowest BCUT2D eigenvalue weighted by atomic mass is 10.2. The van der Waals surface area contributed by atoms with Crippen molar-refractivity contribution in [3.8, 4) is 0 Å². The van der Waals surface area contributed by atoms with Crippen molar-refractivity contribution >= 4 is 28.9 Å². The number of hydrogen-bond acceptors (Lipinski definition) is 5. The van der Waals surface area contributed by atoms with Gasteiger partial charge in [-0.15, -0.1) is 0 Å². The molecular weight excluding hydrogens is 342 g/mol. The van der Waals surface area contributed by atoms with Crippen LogP contribution in [0, 0.1) is 6.92 Å². The Balaban J connectivity index is 1.64. The standard InChI is InChI=1S/C21H19N3O3/c1-14-4-3-5-17(12-14)24-20(25)19-11-10-18(13-22-19)23-16-8-6-15(7-9-16)21(26)27-2/h3-13,23H,1-2H3,(H,24,25). The van der Waals surface area contributed by atoms with E-state index in [-0.39, 0.29) is 11.9 Å². The van der Waals surface area contributed by atoms with E-state index in [1.807, 2.05) is 31.2 Å². The molecule has 0 aliphatic carbocycles. The number of methoxy groups -OCH3 is 1. The number of nitrogens with one attached hydrogen (secondary N) is 2. The van der Waals surface area contributed by atoms with Gasteiger partial charge in [-0.2, -0.15) is 0 Å². The molecule has 0 bridgehead atoms. The zero-order chi connectivity index (χ0) is 19.2. The third kappa shape index (κ3) is 4.70. The van der Waals surface area contributed by atoms with E-state index in [0.29, 0.717) is 11.3 Å². The summed E-state index contributed by atoms with van der Waals surface area (Å²) in [7, 11) is 1.34. The van der Waals surface area contributed by atoms with Crippen molar-refractivity contribution in [2.24, 2.45) is 0 Å². The Morgan fingerprint density at radius 1 is 0.926 bits per heavy atom. The molecule has 0 fully saturated rings. The molecule has 0 spiro atoms. The first-order valence-corrected chi connectivity index (χ1v) is 8.34. The van der Waals surface area contributed by atoms with E-state index >= 15 is 0 Å². The zero-order valence-electron chi connectivity index (χ0n) is 15.0. The molecule has 0 saturated carbocycles. The number of esters is 1. The van der Waals surface area contributed by atoms with Crippen LogP contribution < -0.4 is 10.6 Å². The normalized spacial score (nSPS) is 10.1. The van der Waals surface area contributed by atoms with Gasteiger partial charge < -0.3 is 15.4 Å². The Kier molecular flexibility index (Phi) is 5.47. The number of pyridine rings is 1. The van der Waals surface area contributed by atoms with Gasteiger partial charge in [-0.1, -0.05) is 12.1 Å². The summed E-state index contributed by atoms with van der Waals surface area (Å²) in [6, 6.07) is 17.9. The molecule has 0 radical (unpaired) electrons. The maximum absolute atomic E-state index is 12.3. The number of aromatic nitrogens is 1. The van der Waals surface area contributed by atoms with Crippen LogP contribution in [0.15, 0.2) is 66.9 Å². The number of carbonyl (C=O) groups excluding carboxylic acids is 2.